The number of benzene rings is 1. The van der Waals surface area contributed by atoms with Gasteiger partial charge < -0.3 is 5.32 Å². The summed E-state index contributed by atoms with van der Waals surface area (Å²) in [7, 11) is 0. The fourth-order valence-corrected chi connectivity index (χ4v) is 3.15. The molecule has 0 aromatic heterocycles. The normalized spacial score (nSPS) is 12.2. The van der Waals surface area contributed by atoms with Gasteiger partial charge in [0.2, 0.25) is 5.91 Å². The average Bonchev–Trinajstić information content (AvgIpc) is 2.49. The van der Waals surface area contributed by atoms with Crippen molar-refractivity contribution in [3.8, 4) is 0 Å². The molecule has 1 rings (SSSR count). The van der Waals surface area contributed by atoms with Gasteiger partial charge in [-0.2, -0.15) is 0 Å². The van der Waals surface area contributed by atoms with Gasteiger partial charge in [0.1, 0.15) is 5.82 Å². The summed E-state index contributed by atoms with van der Waals surface area (Å²) >= 11 is 7.13. The highest BCUT2D eigenvalue weighted by Gasteiger charge is 2.09. The molecule has 0 bridgehead atoms. The highest BCUT2D eigenvalue weighted by atomic mass is 35.5. The zero-order chi connectivity index (χ0) is 16.4. The van der Waals surface area contributed by atoms with Crippen molar-refractivity contribution in [1.29, 1.82) is 0 Å². The molecule has 1 atom stereocenters. The van der Waals surface area contributed by atoms with E-state index in [0.29, 0.717) is 28.0 Å². The second-order valence-electron chi connectivity index (χ2n) is 5.45. The third-order valence-corrected chi connectivity index (χ3v) is 4.85. The Morgan fingerprint density at radius 2 is 2.18 bits per heavy atom. The number of carbonyl (C=O) groups is 1. The van der Waals surface area contributed by atoms with E-state index in [-0.39, 0.29) is 11.7 Å². The molecule has 0 aliphatic rings. The number of amides is 1. The Hall–Kier alpha value is -0.740. The Kier molecular flexibility index (Phi) is 9.56. The predicted molar refractivity (Wildman–Crippen MR) is 93.9 cm³/mol. The molecule has 0 aliphatic carbocycles. The molecule has 2 nitrogen and oxygen atoms in total. The van der Waals surface area contributed by atoms with Crippen molar-refractivity contribution in [1.82, 2.24) is 5.32 Å². The van der Waals surface area contributed by atoms with Gasteiger partial charge in [0.05, 0.1) is 5.75 Å². The van der Waals surface area contributed by atoms with Crippen LogP contribution in [0, 0.1) is 11.7 Å². The second kappa shape index (κ2) is 10.9. The maximum absolute atomic E-state index is 13.6. The van der Waals surface area contributed by atoms with Gasteiger partial charge in [0.15, 0.2) is 0 Å². The topological polar surface area (TPSA) is 29.1 Å². The molecule has 0 saturated heterocycles. The maximum Gasteiger partial charge on any atom is 0.230 e. The third kappa shape index (κ3) is 7.50. The molecule has 1 N–H and O–H groups in total. The summed E-state index contributed by atoms with van der Waals surface area (Å²) in [5.41, 5.74) is 0.580. The molecule has 1 aromatic carbocycles. The molecular weight excluding hydrogens is 321 g/mol. The quantitative estimate of drug-likeness (QED) is 0.643. The summed E-state index contributed by atoms with van der Waals surface area (Å²) in [6.07, 6.45) is 4.64. The number of rotatable bonds is 10. The van der Waals surface area contributed by atoms with Crippen LogP contribution < -0.4 is 5.32 Å². The van der Waals surface area contributed by atoms with Crippen LogP contribution in [0.2, 0.25) is 5.02 Å². The standard InChI is InChI=1S/C17H25ClFNOS/c1-3-5-6-13(4-2)10-20-17(21)12-22-11-14-7-8-15(18)9-16(14)19/h7-9,13H,3-6,10-12H2,1-2H3,(H,20,21)/t13-/m0/s1. The molecule has 0 fully saturated rings. The molecule has 0 saturated carbocycles. The summed E-state index contributed by atoms with van der Waals surface area (Å²) in [6.45, 7) is 5.08. The largest absolute Gasteiger partial charge is 0.355 e. The molecular formula is C17H25ClFNOS. The van der Waals surface area contributed by atoms with Gasteiger partial charge >= 0.3 is 0 Å². The van der Waals surface area contributed by atoms with Crippen LogP contribution in [0.25, 0.3) is 0 Å². The van der Waals surface area contributed by atoms with E-state index < -0.39 is 0 Å². The number of carbonyl (C=O) groups excluding carboxylic acids is 1. The van der Waals surface area contributed by atoms with Crippen LogP contribution in [0.15, 0.2) is 18.2 Å². The fraction of sp³-hybridized carbons (Fsp3) is 0.588. The zero-order valence-corrected chi connectivity index (χ0v) is 14.9. The zero-order valence-electron chi connectivity index (χ0n) is 13.3. The third-order valence-electron chi connectivity index (χ3n) is 3.64. The number of hydrogen-bond acceptors (Lipinski definition) is 2. The summed E-state index contributed by atoms with van der Waals surface area (Å²) in [6, 6.07) is 4.64. The van der Waals surface area contributed by atoms with E-state index in [2.05, 4.69) is 19.2 Å². The van der Waals surface area contributed by atoms with E-state index in [1.54, 1.807) is 12.1 Å². The Morgan fingerprint density at radius 1 is 1.41 bits per heavy atom. The van der Waals surface area contributed by atoms with Crippen LogP contribution in [0.3, 0.4) is 0 Å². The monoisotopic (exact) mass is 345 g/mol. The number of unbranched alkanes of at least 4 members (excludes halogenated alkanes) is 1. The van der Waals surface area contributed by atoms with Crippen molar-refractivity contribution in [3.05, 3.63) is 34.6 Å². The van der Waals surface area contributed by atoms with Crippen LogP contribution in [0.1, 0.15) is 45.1 Å². The van der Waals surface area contributed by atoms with Crippen molar-refractivity contribution in [2.75, 3.05) is 12.3 Å². The lowest BCUT2D eigenvalue weighted by Gasteiger charge is -2.15. The van der Waals surface area contributed by atoms with Crippen molar-refractivity contribution < 1.29 is 9.18 Å². The highest BCUT2D eigenvalue weighted by molar-refractivity contribution is 7.99. The Balaban J connectivity index is 2.25. The fourth-order valence-electron chi connectivity index (χ4n) is 2.14. The summed E-state index contributed by atoms with van der Waals surface area (Å²) in [5.74, 6) is 1.10. The number of nitrogens with one attached hydrogen (secondary N) is 1. The van der Waals surface area contributed by atoms with E-state index in [1.807, 2.05) is 0 Å². The summed E-state index contributed by atoms with van der Waals surface area (Å²) in [4.78, 5) is 11.8. The van der Waals surface area contributed by atoms with Crippen LogP contribution in [0.5, 0.6) is 0 Å². The Morgan fingerprint density at radius 3 is 2.82 bits per heavy atom. The minimum Gasteiger partial charge on any atom is -0.355 e. The first-order valence-corrected chi connectivity index (χ1v) is 9.38. The number of halogens is 2. The van der Waals surface area contributed by atoms with E-state index in [9.17, 15) is 9.18 Å². The van der Waals surface area contributed by atoms with E-state index >= 15 is 0 Å². The summed E-state index contributed by atoms with van der Waals surface area (Å²) in [5, 5.41) is 3.37. The lowest BCUT2D eigenvalue weighted by molar-refractivity contribution is -0.118. The lowest BCUT2D eigenvalue weighted by Crippen LogP contribution is -2.30. The molecule has 0 unspecified atom stereocenters. The maximum atomic E-state index is 13.6. The predicted octanol–water partition coefficient (Wildman–Crippen LogP) is 5.04. The minimum absolute atomic E-state index is 0.0225. The first kappa shape index (κ1) is 19.3. The highest BCUT2D eigenvalue weighted by Crippen LogP contribution is 2.19. The first-order valence-electron chi connectivity index (χ1n) is 7.85. The molecule has 22 heavy (non-hydrogen) atoms. The number of hydrogen-bond donors (Lipinski definition) is 1. The van der Waals surface area contributed by atoms with Crippen molar-refractivity contribution in [3.63, 3.8) is 0 Å². The van der Waals surface area contributed by atoms with Gasteiger partial charge in [0.25, 0.3) is 0 Å². The number of thioether (sulfide) groups is 1. The van der Waals surface area contributed by atoms with Gasteiger partial charge in [-0.05, 0) is 30.0 Å². The van der Waals surface area contributed by atoms with Gasteiger partial charge in [-0.15, -0.1) is 11.8 Å². The average molecular weight is 346 g/mol. The Labute approximate surface area is 142 Å². The first-order chi connectivity index (χ1) is 10.6. The molecule has 5 heteroatoms. The van der Waals surface area contributed by atoms with Gasteiger partial charge in [-0.25, -0.2) is 4.39 Å². The molecule has 1 aromatic rings. The molecule has 0 spiro atoms. The smallest absolute Gasteiger partial charge is 0.230 e. The van der Waals surface area contributed by atoms with Crippen LogP contribution in [0.4, 0.5) is 4.39 Å². The Bertz CT molecular complexity index is 470. The van der Waals surface area contributed by atoms with Crippen molar-refractivity contribution >= 4 is 29.3 Å². The molecule has 1 amide bonds. The van der Waals surface area contributed by atoms with Crippen molar-refractivity contribution in [2.45, 2.75) is 45.3 Å². The van der Waals surface area contributed by atoms with Gasteiger partial charge in [-0.1, -0.05) is 50.8 Å². The summed E-state index contributed by atoms with van der Waals surface area (Å²) < 4.78 is 13.6. The van der Waals surface area contributed by atoms with E-state index in [4.69, 9.17) is 11.6 Å². The van der Waals surface area contributed by atoms with Gasteiger partial charge in [-0.3, -0.25) is 4.79 Å². The van der Waals surface area contributed by atoms with Crippen LogP contribution >= 0.6 is 23.4 Å². The van der Waals surface area contributed by atoms with Crippen molar-refractivity contribution in [2.24, 2.45) is 5.92 Å². The lowest BCUT2D eigenvalue weighted by atomic mass is 9.99. The van der Waals surface area contributed by atoms with E-state index in [1.165, 1.54) is 30.7 Å². The van der Waals surface area contributed by atoms with E-state index in [0.717, 1.165) is 19.4 Å². The molecule has 0 aliphatic heterocycles. The van der Waals surface area contributed by atoms with Gasteiger partial charge in [0, 0.05) is 17.3 Å². The molecule has 0 radical (unpaired) electrons. The van der Waals surface area contributed by atoms with Crippen LogP contribution in [-0.4, -0.2) is 18.2 Å². The van der Waals surface area contributed by atoms with Crippen LogP contribution in [-0.2, 0) is 10.5 Å². The second-order valence-corrected chi connectivity index (χ2v) is 6.87. The molecule has 0 heterocycles. The molecule has 124 valence electrons. The minimum atomic E-state index is -0.314. The SMILES string of the molecule is CCCC[C@H](CC)CNC(=O)CSCc1ccc(Cl)cc1F.